The number of hydrogen-bond donors (Lipinski definition) is 1. The molecule has 0 amide bonds. The van der Waals surface area contributed by atoms with Crippen molar-refractivity contribution >= 4 is 5.97 Å². The molecule has 0 aromatic carbocycles. The highest BCUT2D eigenvalue weighted by Gasteiger charge is 2.36. The average molecular weight is 171 g/mol. The van der Waals surface area contributed by atoms with Crippen LogP contribution in [0, 0.1) is 11.8 Å². The molecule has 0 saturated heterocycles. The van der Waals surface area contributed by atoms with Crippen LogP contribution in [0.2, 0.25) is 0 Å². The molecule has 3 nitrogen and oxygen atoms in total. The van der Waals surface area contributed by atoms with E-state index < -0.39 is 0 Å². The lowest BCUT2D eigenvalue weighted by Crippen LogP contribution is -2.20. The maximum Gasteiger partial charge on any atom is 0.308 e. The van der Waals surface area contributed by atoms with Crippen molar-refractivity contribution < 1.29 is 9.53 Å². The van der Waals surface area contributed by atoms with E-state index in [0.717, 1.165) is 19.3 Å². The second-order valence-corrected chi connectivity index (χ2v) is 3.53. The molecule has 70 valence electrons. The van der Waals surface area contributed by atoms with E-state index in [9.17, 15) is 4.79 Å². The highest BCUT2D eigenvalue weighted by Crippen LogP contribution is 2.33. The number of rotatable bonds is 2. The fraction of sp³-hybridized carbons (Fsp3) is 0.889. The molecule has 0 bridgehead atoms. The average Bonchev–Trinajstić information content (AvgIpc) is 2.45. The molecule has 2 N–H and O–H groups in total. The summed E-state index contributed by atoms with van der Waals surface area (Å²) in [6, 6.07) is 0.194. The Bertz CT molecular complexity index is 170. The van der Waals surface area contributed by atoms with Crippen molar-refractivity contribution in [1.82, 2.24) is 0 Å². The third-order valence-electron chi connectivity index (χ3n) is 2.76. The van der Waals surface area contributed by atoms with Crippen molar-refractivity contribution in [3.05, 3.63) is 0 Å². The largest absolute Gasteiger partial charge is 0.469 e. The Balaban J connectivity index is 2.57. The molecule has 0 aliphatic heterocycles. The van der Waals surface area contributed by atoms with Crippen LogP contribution in [0.25, 0.3) is 0 Å². The monoisotopic (exact) mass is 171 g/mol. The Morgan fingerprint density at radius 3 is 2.75 bits per heavy atom. The lowest BCUT2D eigenvalue weighted by molar-refractivity contribution is -0.146. The summed E-state index contributed by atoms with van der Waals surface area (Å²) in [4.78, 5) is 11.3. The van der Waals surface area contributed by atoms with Crippen molar-refractivity contribution in [2.75, 3.05) is 7.11 Å². The summed E-state index contributed by atoms with van der Waals surface area (Å²) in [5, 5.41) is 0. The Labute approximate surface area is 73.3 Å². The van der Waals surface area contributed by atoms with Crippen molar-refractivity contribution in [1.29, 1.82) is 0 Å². The summed E-state index contributed by atoms with van der Waals surface area (Å²) in [5.74, 6) is 0.400. The molecule has 12 heavy (non-hydrogen) atoms. The molecule has 0 aromatic rings. The van der Waals surface area contributed by atoms with Gasteiger partial charge in [-0.05, 0) is 18.8 Å². The molecular weight excluding hydrogens is 154 g/mol. The van der Waals surface area contributed by atoms with Gasteiger partial charge in [-0.25, -0.2) is 0 Å². The van der Waals surface area contributed by atoms with Crippen LogP contribution in [0.1, 0.15) is 26.2 Å². The van der Waals surface area contributed by atoms with Gasteiger partial charge in [-0.15, -0.1) is 0 Å². The fourth-order valence-electron chi connectivity index (χ4n) is 2.06. The molecule has 1 rings (SSSR count). The smallest absolute Gasteiger partial charge is 0.308 e. The zero-order chi connectivity index (χ0) is 9.14. The number of esters is 1. The Hall–Kier alpha value is -0.570. The second-order valence-electron chi connectivity index (χ2n) is 3.53. The van der Waals surface area contributed by atoms with Gasteiger partial charge in [0.1, 0.15) is 0 Å². The van der Waals surface area contributed by atoms with Gasteiger partial charge >= 0.3 is 5.97 Å². The van der Waals surface area contributed by atoms with Gasteiger partial charge in [0.05, 0.1) is 13.0 Å². The first-order valence-corrected chi connectivity index (χ1v) is 4.52. The summed E-state index contributed by atoms with van der Waals surface area (Å²) in [7, 11) is 1.44. The Morgan fingerprint density at radius 1 is 1.58 bits per heavy atom. The fourth-order valence-corrected chi connectivity index (χ4v) is 2.06. The second kappa shape index (κ2) is 3.90. The third-order valence-corrected chi connectivity index (χ3v) is 2.76. The molecule has 3 atom stereocenters. The predicted molar refractivity (Wildman–Crippen MR) is 46.5 cm³/mol. The van der Waals surface area contributed by atoms with Crippen molar-refractivity contribution in [3.63, 3.8) is 0 Å². The van der Waals surface area contributed by atoms with E-state index in [4.69, 9.17) is 10.5 Å². The molecule has 1 saturated carbocycles. The van der Waals surface area contributed by atoms with Gasteiger partial charge in [-0.3, -0.25) is 4.79 Å². The van der Waals surface area contributed by atoms with Crippen LogP contribution < -0.4 is 5.73 Å². The molecule has 3 heteroatoms. The third kappa shape index (κ3) is 1.78. The molecule has 0 heterocycles. The standard InChI is InChI=1S/C9H17NO2/c1-3-6-4-7(10)5-8(6)9(11)12-2/h6-8H,3-5,10H2,1-2H3. The lowest BCUT2D eigenvalue weighted by Gasteiger charge is -2.14. The van der Waals surface area contributed by atoms with Gasteiger partial charge in [-0.2, -0.15) is 0 Å². The van der Waals surface area contributed by atoms with E-state index in [2.05, 4.69) is 6.92 Å². The maximum absolute atomic E-state index is 11.3. The number of carbonyl (C=O) groups excluding carboxylic acids is 1. The maximum atomic E-state index is 11.3. The van der Waals surface area contributed by atoms with E-state index >= 15 is 0 Å². The predicted octanol–water partition coefficient (Wildman–Crippen LogP) is 0.923. The minimum Gasteiger partial charge on any atom is -0.469 e. The van der Waals surface area contributed by atoms with Crippen LogP contribution in [0.5, 0.6) is 0 Å². The number of ether oxygens (including phenoxy) is 1. The Kier molecular flexibility index (Phi) is 3.09. The molecule has 0 spiro atoms. The highest BCUT2D eigenvalue weighted by atomic mass is 16.5. The topological polar surface area (TPSA) is 52.3 Å². The van der Waals surface area contributed by atoms with Crippen LogP contribution in [0.4, 0.5) is 0 Å². The number of carbonyl (C=O) groups is 1. The summed E-state index contributed by atoms with van der Waals surface area (Å²) in [6.45, 7) is 2.10. The summed E-state index contributed by atoms with van der Waals surface area (Å²) >= 11 is 0. The van der Waals surface area contributed by atoms with E-state index in [0.29, 0.717) is 5.92 Å². The normalized spacial score (nSPS) is 35.1. The minimum atomic E-state index is -0.0881. The molecular formula is C9H17NO2. The zero-order valence-corrected chi connectivity index (χ0v) is 7.75. The molecule has 0 aromatic heterocycles. The van der Waals surface area contributed by atoms with E-state index in [-0.39, 0.29) is 17.9 Å². The summed E-state index contributed by atoms with van der Waals surface area (Å²) in [6.07, 6.45) is 2.79. The van der Waals surface area contributed by atoms with E-state index in [1.54, 1.807) is 0 Å². The lowest BCUT2D eigenvalue weighted by atomic mass is 9.94. The van der Waals surface area contributed by atoms with Crippen molar-refractivity contribution in [2.24, 2.45) is 17.6 Å². The summed E-state index contributed by atoms with van der Waals surface area (Å²) < 4.78 is 4.72. The van der Waals surface area contributed by atoms with Crippen LogP contribution in [-0.4, -0.2) is 19.1 Å². The van der Waals surface area contributed by atoms with Crippen LogP contribution >= 0.6 is 0 Å². The number of methoxy groups -OCH3 is 1. The Morgan fingerprint density at radius 2 is 2.25 bits per heavy atom. The van der Waals surface area contributed by atoms with Gasteiger partial charge in [0, 0.05) is 6.04 Å². The van der Waals surface area contributed by atoms with Gasteiger partial charge in [0.15, 0.2) is 0 Å². The van der Waals surface area contributed by atoms with Crippen molar-refractivity contribution in [2.45, 2.75) is 32.2 Å². The van der Waals surface area contributed by atoms with Crippen LogP contribution in [0.3, 0.4) is 0 Å². The van der Waals surface area contributed by atoms with Gasteiger partial charge in [0.25, 0.3) is 0 Å². The van der Waals surface area contributed by atoms with Gasteiger partial charge < -0.3 is 10.5 Å². The van der Waals surface area contributed by atoms with Crippen LogP contribution in [0.15, 0.2) is 0 Å². The van der Waals surface area contributed by atoms with E-state index in [1.165, 1.54) is 7.11 Å². The first-order valence-electron chi connectivity index (χ1n) is 4.52. The van der Waals surface area contributed by atoms with Crippen molar-refractivity contribution in [3.8, 4) is 0 Å². The molecule has 1 aliphatic carbocycles. The van der Waals surface area contributed by atoms with Gasteiger partial charge in [0.2, 0.25) is 0 Å². The number of hydrogen-bond acceptors (Lipinski definition) is 3. The molecule has 1 aliphatic rings. The first kappa shape index (κ1) is 9.52. The minimum absolute atomic E-state index is 0.0509. The molecule has 3 unspecified atom stereocenters. The summed E-state index contributed by atoms with van der Waals surface area (Å²) in [5.41, 5.74) is 5.78. The van der Waals surface area contributed by atoms with Gasteiger partial charge in [-0.1, -0.05) is 13.3 Å². The molecule has 0 radical (unpaired) electrons. The van der Waals surface area contributed by atoms with Crippen LogP contribution in [-0.2, 0) is 9.53 Å². The number of nitrogens with two attached hydrogens (primary N) is 1. The first-order chi connectivity index (χ1) is 5.69. The quantitative estimate of drug-likeness (QED) is 0.629. The SMILES string of the molecule is CCC1CC(N)CC1C(=O)OC. The zero-order valence-electron chi connectivity index (χ0n) is 7.75. The molecule has 1 fully saturated rings. The highest BCUT2D eigenvalue weighted by molar-refractivity contribution is 5.73. The van der Waals surface area contributed by atoms with E-state index in [1.807, 2.05) is 0 Å².